The van der Waals surface area contributed by atoms with Crippen molar-refractivity contribution in [2.45, 2.75) is 44.9 Å². The predicted octanol–water partition coefficient (Wildman–Crippen LogP) is 4.26. The van der Waals surface area contributed by atoms with Gasteiger partial charge in [-0.05, 0) is 24.8 Å². The van der Waals surface area contributed by atoms with Crippen molar-refractivity contribution >= 4 is 5.97 Å². The van der Waals surface area contributed by atoms with Crippen molar-refractivity contribution in [2.24, 2.45) is 0 Å². The monoisotopic (exact) mass is 246 g/mol. The van der Waals surface area contributed by atoms with Crippen LogP contribution in [0.5, 0.6) is 0 Å². The van der Waals surface area contributed by atoms with Crippen molar-refractivity contribution in [3.05, 3.63) is 48.7 Å². The number of hydrogen-bond donors (Lipinski definition) is 0. The summed E-state index contributed by atoms with van der Waals surface area (Å²) >= 11 is 0. The van der Waals surface area contributed by atoms with Crippen molar-refractivity contribution in [1.82, 2.24) is 0 Å². The molecule has 0 atom stereocenters. The van der Waals surface area contributed by atoms with E-state index in [0.717, 1.165) is 19.3 Å². The van der Waals surface area contributed by atoms with Crippen LogP contribution in [0.4, 0.5) is 0 Å². The highest BCUT2D eigenvalue weighted by molar-refractivity contribution is 5.69. The van der Waals surface area contributed by atoms with Crippen LogP contribution in [0.3, 0.4) is 0 Å². The summed E-state index contributed by atoms with van der Waals surface area (Å²) in [6, 6.07) is 10.6. The van der Waals surface area contributed by atoms with E-state index in [9.17, 15) is 4.79 Å². The maximum Gasteiger partial charge on any atom is 0.310 e. The molecule has 2 heteroatoms. The Balaban J connectivity index is 1.93. The molecule has 0 aromatic heterocycles. The lowest BCUT2D eigenvalue weighted by Crippen LogP contribution is -1.98. The second-order valence-corrected chi connectivity index (χ2v) is 4.41. The van der Waals surface area contributed by atoms with E-state index >= 15 is 0 Å². The third kappa shape index (κ3) is 6.89. The van der Waals surface area contributed by atoms with Gasteiger partial charge in [-0.3, -0.25) is 4.79 Å². The van der Waals surface area contributed by atoms with Crippen LogP contribution in [-0.2, 0) is 16.0 Å². The highest BCUT2D eigenvalue weighted by atomic mass is 16.5. The molecule has 0 aliphatic carbocycles. The van der Waals surface area contributed by atoms with E-state index in [1.165, 1.54) is 31.1 Å². The van der Waals surface area contributed by atoms with E-state index in [0.29, 0.717) is 6.42 Å². The zero-order valence-electron chi connectivity index (χ0n) is 10.9. The molecule has 2 nitrogen and oxygen atoms in total. The molecule has 0 heterocycles. The SMILES string of the molecule is C=COC(=O)CCCCCCCc1ccccc1. The Morgan fingerprint density at radius 3 is 2.44 bits per heavy atom. The van der Waals surface area contributed by atoms with E-state index < -0.39 is 0 Å². The maximum absolute atomic E-state index is 11.0. The minimum atomic E-state index is -0.172. The average Bonchev–Trinajstić information content (AvgIpc) is 2.39. The zero-order chi connectivity index (χ0) is 13.1. The van der Waals surface area contributed by atoms with Gasteiger partial charge in [0.15, 0.2) is 0 Å². The van der Waals surface area contributed by atoms with Crippen LogP contribution in [0.2, 0.25) is 0 Å². The van der Waals surface area contributed by atoms with Gasteiger partial charge in [0.05, 0.1) is 6.26 Å². The Morgan fingerprint density at radius 1 is 1.06 bits per heavy atom. The average molecular weight is 246 g/mol. The van der Waals surface area contributed by atoms with Gasteiger partial charge in [0.25, 0.3) is 0 Å². The molecule has 0 saturated carbocycles. The van der Waals surface area contributed by atoms with Crippen molar-refractivity contribution < 1.29 is 9.53 Å². The first-order valence-electron chi connectivity index (χ1n) is 6.67. The zero-order valence-corrected chi connectivity index (χ0v) is 10.9. The number of hydrogen-bond acceptors (Lipinski definition) is 2. The molecule has 0 spiro atoms. The van der Waals surface area contributed by atoms with E-state index in [-0.39, 0.29) is 5.97 Å². The number of esters is 1. The summed E-state index contributed by atoms with van der Waals surface area (Å²) in [5.41, 5.74) is 1.41. The second kappa shape index (κ2) is 9.46. The highest BCUT2D eigenvalue weighted by Crippen LogP contribution is 2.10. The van der Waals surface area contributed by atoms with E-state index in [2.05, 4.69) is 35.6 Å². The van der Waals surface area contributed by atoms with Crippen molar-refractivity contribution in [3.63, 3.8) is 0 Å². The van der Waals surface area contributed by atoms with Crippen LogP contribution < -0.4 is 0 Å². The van der Waals surface area contributed by atoms with E-state index in [4.69, 9.17) is 0 Å². The Kier molecular flexibility index (Phi) is 7.61. The van der Waals surface area contributed by atoms with Crippen LogP contribution in [0, 0.1) is 0 Å². The fourth-order valence-corrected chi connectivity index (χ4v) is 1.93. The van der Waals surface area contributed by atoms with Gasteiger partial charge in [-0.25, -0.2) is 0 Å². The third-order valence-electron chi connectivity index (χ3n) is 2.90. The number of ether oxygens (including phenoxy) is 1. The summed E-state index contributed by atoms with van der Waals surface area (Å²) in [6.07, 6.45) is 8.51. The lowest BCUT2D eigenvalue weighted by atomic mass is 10.1. The smallest absolute Gasteiger partial charge is 0.310 e. The van der Waals surface area contributed by atoms with Crippen LogP contribution in [0.1, 0.15) is 44.1 Å². The maximum atomic E-state index is 11.0. The molecule has 18 heavy (non-hydrogen) atoms. The molecule has 0 aliphatic rings. The van der Waals surface area contributed by atoms with Gasteiger partial charge >= 0.3 is 5.97 Å². The van der Waals surface area contributed by atoms with Crippen LogP contribution in [0.25, 0.3) is 0 Å². The summed E-state index contributed by atoms with van der Waals surface area (Å²) in [4.78, 5) is 11.0. The second-order valence-electron chi connectivity index (χ2n) is 4.41. The molecule has 0 saturated heterocycles. The van der Waals surface area contributed by atoms with E-state index in [1.54, 1.807) is 0 Å². The van der Waals surface area contributed by atoms with Gasteiger partial charge in [0.1, 0.15) is 0 Å². The normalized spacial score (nSPS) is 10.0. The van der Waals surface area contributed by atoms with Crippen molar-refractivity contribution in [3.8, 4) is 0 Å². The highest BCUT2D eigenvalue weighted by Gasteiger charge is 2.00. The standard InChI is InChI=1S/C16H22O2/c1-2-18-16(17)14-10-5-3-4-7-11-15-12-8-6-9-13-15/h2,6,8-9,12-13H,1,3-5,7,10-11,14H2. The third-order valence-corrected chi connectivity index (χ3v) is 2.90. The summed E-state index contributed by atoms with van der Waals surface area (Å²) in [6.45, 7) is 3.36. The molecule has 0 N–H and O–H groups in total. The summed E-state index contributed by atoms with van der Waals surface area (Å²) < 4.78 is 4.65. The van der Waals surface area contributed by atoms with Gasteiger partial charge in [-0.15, -0.1) is 0 Å². The predicted molar refractivity (Wildman–Crippen MR) is 74.1 cm³/mol. The molecule has 0 amide bonds. The fourth-order valence-electron chi connectivity index (χ4n) is 1.93. The fraction of sp³-hybridized carbons (Fsp3) is 0.438. The number of benzene rings is 1. The van der Waals surface area contributed by atoms with E-state index in [1.807, 2.05) is 6.07 Å². The lowest BCUT2D eigenvalue weighted by Gasteiger charge is -2.02. The summed E-state index contributed by atoms with van der Waals surface area (Å²) in [7, 11) is 0. The Labute approximate surface area is 110 Å². The number of carbonyl (C=O) groups is 1. The molecule has 0 unspecified atom stereocenters. The number of carbonyl (C=O) groups excluding carboxylic acids is 1. The van der Waals surface area contributed by atoms with Crippen LogP contribution in [0.15, 0.2) is 43.2 Å². The molecule has 98 valence electrons. The van der Waals surface area contributed by atoms with Gasteiger partial charge in [-0.2, -0.15) is 0 Å². The van der Waals surface area contributed by atoms with Crippen molar-refractivity contribution in [2.75, 3.05) is 0 Å². The largest absolute Gasteiger partial charge is 0.435 e. The Morgan fingerprint density at radius 2 is 1.72 bits per heavy atom. The first-order valence-corrected chi connectivity index (χ1v) is 6.67. The van der Waals surface area contributed by atoms with Crippen LogP contribution in [-0.4, -0.2) is 5.97 Å². The van der Waals surface area contributed by atoms with Gasteiger partial charge in [0.2, 0.25) is 0 Å². The minimum Gasteiger partial charge on any atom is -0.435 e. The molecular weight excluding hydrogens is 224 g/mol. The van der Waals surface area contributed by atoms with Gasteiger partial charge < -0.3 is 4.74 Å². The van der Waals surface area contributed by atoms with Crippen LogP contribution >= 0.6 is 0 Å². The molecule has 1 aromatic carbocycles. The molecule has 1 aromatic rings. The number of unbranched alkanes of at least 4 members (excludes halogenated alkanes) is 4. The molecular formula is C16H22O2. The molecule has 1 rings (SSSR count). The first-order chi connectivity index (χ1) is 8.83. The Hall–Kier alpha value is -1.57. The van der Waals surface area contributed by atoms with Gasteiger partial charge in [0, 0.05) is 6.42 Å². The molecule has 0 radical (unpaired) electrons. The minimum absolute atomic E-state index is 0.172. The number of aryl methyl sites for hydroxylation is 1. The topological polar surface area (TPSA) is 26.3 Å². The summed E-state index contributed by atoms with van der Waals surface area (Å²) in [5, 5.41) is 0. The lowest BCUT2D eigenvalue weighted by molar-refractivity contribution is -0.138. The first kappa shape index (κ1) is 14.5. The molecule has 0 aliphatic heterocycles. The summed E-state index contributed by atoms with van der Waals surface area (Å²) in [5.74, 6) is -0.172. The molecule has 0 fully saturated rings. The van der Waals surface area contributed by atoms with Gasteiger partial charge in [-0.1, -0.05) is 56.2 Å². The number of rotatable bonds is 9. The molecule has 0 bridgehead atoms. The van der Waals surface area contributed by atoms with Crippen molar-refractivity contribution in [1.29, 1.82) is 0 Å². The Bertz CT molecular complexity index is 343. The quantitative estimate of drug-likeness (QED) is 0.370.